The number of aliphatic hydroxyl groups is 1. The maximum absolute atomic E-state index is 11.8. The number of carbonyl (C=O) groups is 1. The molecule has 0 spiro atoms. The number of carbonyl (C=O) groups excluding carboxylic acids is 1. The number of hydrogen-bond donors (Lipinski definition) is 3. The molecule has 0 aromatic carbocycles. The lowest BCUT2D eigenvalue weighted by Gasteiger charge is -2.13. The van der Waals surface area contributed by atoms with Gasteiger partial charge >= 0.3 is 0 Å². The first-order chi connectivity index (χ1) is 11.0. The summed E-state index contributed by atoms with van der Waals surface area (Å²) < 4.78 is 5.44. The SMILES string of the molecule is CCCCCCC(=O)Nc1cnc(OCC(O)CNC(C)C)s1. The standard InChI is InChI=1S/C16H29N3O3S/c1-4-5-6-7-8-14(21)19-15-10-18-16(23-15)22-11-13(20)9-17-12(2)3/h10,12-13,17,20H,4-9,11H2,1-3H3,(H,19,21). The summed E-state index contributed by atoms with van der Waals surface area (Å²) in [5.74, 6) is 0.0115. The first kappa shape index (κ1) is 19.9. The Morgan fingerprint density at radius 3 is 2.87 bits per heavy atom. The average Bonchev–Trinajstić information content (AvgIpc) is 2.95. The third kappa shape index (κ3) is 9.53. The first-order valence-corrected chi connectivity index (χ1v) is 9.12. The van der Waals surface area contributed by atoms with E-state index in [2.05, 4.69) is 22.5 Å². The number of aliphatic hydroxyl groups excluding tert-OH is 1. The number of aromatic nitrogens is 1. The molecule has 1 atom stereocenters. The maximum Gasteiger partial charge on any atom is 0.275 e. The Morgan fingerprint density at radius 2 is 2.17 bits per heavy atom. The molecule has 1 aromatic heterocycles. The number of nitrogens with zero attached hydrogens (tertiary/aromatic N) is 1. The van der Waals surface area contributed by atoms with Gasteiger partial charge in [-0.3, -0.25) is 4.79 Å². The van der Waals surface area contributed by atoms with Crippen molar-refractivity contribution in [3.8, 4) is 5.19 Å². The summed E-state index contributed by atoms with van der Waals surface area (Å²) in [5.41, 5.74) is 0. The van der Waals surface area contributed by atoms with E-state index in [9.17, 15) is 9.90 Å². The van der Waals surface area contributed by atoms with Gasteiger partial charge in [-0.15, -0.1) is 0 Å². The summed E-state index contributed by atoms with van der Waals surface area (Å²) >= 11 is 1.27. The van der Waals surface area contributed by atoms with Crippen LogP contribution in [0.5, 0.6) is 5.19 Å². The lowest BCUT2D eigenvalue weighted by atomic mass is 10.1. The third-order valence-corrected chi connectivity index (χ3v) is 3.99. The maximum atomic E-state index is 11.8. The second-order valence-electron chi connectivity index (χ2n) is 5.88. The van der Waals surface area contributed by atoms with Crippen LogP contribution in [0.4, 0.5) is 5.00 Å². The topological polar surface area (TPSA) is 83.5 Å². The molecule has 0 aliphatic heterocycles. The fourth-order valence-electron chi connectivity index (χ4n) is 1.89. The van der Waals surface area contributed by atoms with Gasteiger partial charge in [0.1, 0.15) is 17.7 Å². The van der Waals surface area contributed by atoms with Crippen LogP contribution in [0.2, 0.25) is 0 Å². The Morgan fingerprint density at radius 1 is 1.39 bits per heavy atom. The lowest BCUT2D eigenvalue weighted by molar-refractivity contribution is -0.116. The zero-order valence-corrected chi connectivity index (χ0v) is 15.1. The van der Waals surface area contributed by atoms with Crippen molar-refractivity contribution in [3.05, 3.63) is 6.20 Å². The number of hydrogen-bond acceptors (Lipinski definition) is 6. The van der Waals surface area contributed by atoms with E-state index >= 15 is 0 Å². The molecule has 0 aliphatic rings. The molecule has 6 nitrogen and oxygen atoms in total. The van der Waals surface area contributed by atoms with Crippen LogP contribution in [0.1, 0.15) is 52.9 Å². The molecule has 1 aromatic rings. The predicted octanol–water partition coefficient (Wildman–Crippen LogP) is 2.79. The minimum Gasteiger partial charge on any atom is -0.467 e. The summed E-state index contributed by atoms with van der Waals surface area (Å²) in [7, 11) is 0. The van der Waals surface area contributed by atoms with Crippen LogP contribution in [-0.4, -0.2) is 41.3 Å². The van der Waals surface area contributed by atoms with E-state index in [1.165, 1.54) is 17.8 Å². The Labute approximate surface area is 142 Å². The molecule has 7 heteroatoms. The van der Waals surface area contributed by atoms with Crippen LogP contribution in [0.25, 0.3) is 0 Å². The van der Waals surface area contributed by atoms with Gasteiger partial charge in [0, 0.05) is 19.0 Å². The summed E-state index contributed by atoms with van der Waals surface area (Å²) in [6.45, 7) is 6.84. The van der Waals surface area contributed by atoms with E-state index < -0.39 is 6.10 Å². The monoisotopic (exact) mass is 343 g/mol. The number of ether oxygens (including phenoxy) is 1. The summed E-state index contributed by atoms with van der Waals surface area (Å²) in [6, 6.07) is 0.323. The molecule has 23 heavy (non-hydrogen) atoms. The van der Waals surface area contributed by atoms with Crippen molar-refractivity contribution < 1.29 is 14.6 Å². The van der Waals surface area contributed by atoms with E-state index in [0.717, 1.165) is 19.3 Å². The normalized spacial score (nSPS) is 12.4. The zero-order chi connectivity index (χ0) is 17.1. The van der Waals surface area contributed by atoms with E-state index in [1.54, 1.807) is 6.20 Å². The van der Waals surface area contributed by atoms with Gasteiger partial charge in [0.2, 0.25) is 5.91 Å². The highest BCUT2D eigenvalue weighted by Crippen LogP contribution is 2.25. The Hall–Kier alpha value is -1.18. The van der Waals surface area contributed by atoms with Crippen molar-refractivity contribution in [2.75, 3.05) is 18.5 Å². The largest absolute Gasteiger partial charge is 0.467 e. The van der Waals surface area contributed by atoms with Gasteiger partial charge in [-0.1, -0.05) is 51.4 Å². The predicted molar refractivity (Wildman–Crippen MR) is 94.1 cm³/mol. The number of anilines is 1. The van der Waals surface area contributed by atoms with E-state index in [4.69, 9.17) is 4.74 Å². The second-order valence-corrected chi connectivity index (χ2v) is 6.87. The highest BCUT2D eigenvalue weighted by Gasteiger charge is 2.10. The second kappa shape index (κ2) is 11.4. The fraction of sp³-hybridized carbons (Fsp3) is 0.750. The lowest BCUT2D eigenvalue weighted by Crippen LogP contribution is -2.35. The smallest absolute Gasteiger partial charge is 0.275 e. The van der Waals surface area contributed by atoms with Gasteiger partial charge in [-0.2, -0.15) is 0 Å². The van der Waals surface area contributed by atoms with E-state index in [-0.39, 0.29) is 12.5 Å². The van der Waals surface area contributed by atoms with Crippen LogP contribution >= 0.6 is 11.3 Å². The molecule has 0 fully saturated rings. The summed E-state index contributed by atoms with van der Waals surface area (Å²) in [5, 5.41) is 16.9. The molecule has 0 radical (unpaired) electrons. The Kier molecular flexibility index (Phi) is 9.82. The van der Waals surface area contributed by atoms with Crippen LogP contribution in [0, 0.1) is 0 Å². The van der Waals surface area contributed by atoms with Crippen LogP contribution < -0.4 is 15.4 Å². The zero-order valence-electron chi connectivity index (χ0n) is 14.3. The van der Waals surface area contributed by atoms with Gasteiger partial charge in [0.15, 0.2) is 0 Å². The molecule has 1 heterocycles. The van der Waals surface area contributed by atoms with Crippen molar-refractivity contribution in [2.24, 2.45) is 0 Å². The molecule has 1 rings (SSSR count). The van der Waals surface area contributed by atoms with Crippen molar-refractivity contribution in [3.63, 3.8) is 0 Å². The molecule has 1 unspecified atom stereocenters. The summed E-state index contributed by atoms with van der Waals surface area (Å²) in [4.78, 5) is 15.9. The molecule has 0 saturated heterocycles. The quantitative estimate of drug-likeness (QED) is 0.508. The van der Waals surface area contributed by atoms with Gasteiger partial charge in [0.25, 0.3) is 5.19 Å². The highest BCUT2D eigenvalue weighted by atomic mass is 32.1. The molecule has 132 valence electrons. The molecule has 0 saturated carbocycles. The van der Waals surface area contributed by atoms with Crippen LogP contribution in [0.3, 0.4) is 0 Å². The molecular weight excluding hydrogens is 314 g/mol. The van der Waals surface area contributed by atoms with Gasteiger partial charge in [0.05, 0.1) is 6.20 Å². The number of rotatable bonds is 12. The average molecular weight is 343 g/mol. The first-order valence-electron chi connectivity index (χ1n) is 8.31. The van der Waals surface area contributed by atoms with E-state index in [0.29, 0.717) is 29.2 Å². The molecule has 0 aliphatic carbocycles. The number of thiazole rings is 1. The Bertz CT molecular complexity index is 452. The van der Waals surface area contributed by atoms with Gasteiger partial charge in [-0.05, 0) is 6.42 Å². The van der Waals surface area contributed by atoms with Crippen molar-refractivity contribution in [2.45, 2.75) is 65.0 Å². The number of amides is 1. The minimum absolute atomic E-state index is 0.0115. The molecular formula is C16H29N3O3S. The van der Waals surface area contributed by atoms with Crippen molar-refractivity contribution >= 4 is 22.2 Å². The van der Waals surface area contributed by atoms with Gasteiger partial charge in [-0.25, -0.2) is 4.98 Å². The minimum atomic E-state index is -0.585. The van der Waals surface area contributed by atoms with Crippen molar-refractivity contribution in [1.82, 2.24) is 10.3 Å². The molecule has 0 bridgehead atoms. The number of nitrogens with one attached hydrogen (secondary N) is 2. The molecule has 1 amide bonds. The van der Waals surface area contributed by atoms with Gasteiger partial charge < -0.3 is 20.5 Å². The molecule has 3 N–H and O–H groups in total. The fourth-order valence-corrected chi connectivity index (χ4v) is 2.58. The van der Waals surface area contributed by atoms with Crippen LogP contribution in [-0.2, 0) is 4.79 Å². The van der Waals surface area contributed by atoms with Crippen LogP contribution in [0.15, 0.2) is 6.20 Å². The van der Waals surface area contributed by atoms with E-state index in [1.807, 2.05) is 13.8 Å². The third-order valence-electron chi connectivity index (χ3n) is 3.17. The summed E-state index contributed by atoms with van der Waals surface area (Å²) in [6.07, 6.45) is 5.87. The Balaban J connectivity index is 2.24. The van der Waals surface area contributed by atoms with Crippen molar-refractivity contribution in [1.29, 1.82) is 0 Å². The number of unbranched alkanes of at least 4 members (excludes halogenated alkanes) is 3. The highest BCUT2D eigenvalue weighted by molar-refractivity contribution is 7.17.